The monoisotopic (exact) mass is 379 g/mol. The molecule has 2 aliphatic rings. The Bertz CT molecular complexity index is 1030. The molecule has 0 saturated heterocycles. The quantitative estimate of drug-likeness (QED) is 0.796. The summed E-state index contributed by atoms with van der Waals surface area (Å²) in [5.74, 6) is 1.02. The normalized spacial score (nSPS) is 18.0. The highest BCUT2D eigenvalue weighted by Gasteiger charge is 2.21. The molecule has 5 nitrogen and oxygen atoms in total. The lowest BCUT2D eigenvalue weighted by molar-refractivity contribution is 0.101. The van der Waals surface area contributed by atoms with Crippen molar-refractivity contribution >= 4 is 11.6 Å². The minimum atomic E-state index is -0.144. The Morgan fingerprint density at radius 1 is 1.39 bits per heavy atom. The van der Waals surface area contributed by atoms with Crippen LogP contribution in [0.4, 0.5) is 4.39 Å². The Morgan fingerprint density at radius 3 is 2.96 bits per heavy atom. The summed E-state index contributed by atoms with van der Waals surface area (Å²) in [6.07, 6.45) is 6.46. The molecular weight excluding hydrogens is 357 g/mol. The van der Waals surface area contributed by atoms with E-state index in [1.807, 2.05) is 19.2 Å². The van der Waals surface area contributed by atoms with Gasteiger partial charge in [0.15, 0.2) is 5.78 Å². The molecule has 1 aromatic carbocycles. The third-order valence-corrected chi connectivity index (χ3v) is 5.08. The molecule has 1 N–H and O–H groups in total. The average Bonchev–Trinajstić information content (AvgIpc) is 3.01. The summed E-state index contributed by atoms with van der Waals surface area (Å²) in [5.41, 5.74) is 4.25. The minimum absolute atomic E-state index is 0.000510. The molecule has 0 amide bonds. The number of halogens is 1. The molecule has 0 spiro atoms. The number of rotatable bonds is 4. The molecule has 1 aliphatic heterocycles. The van der Waals surface area contributed by atoms with Crippen molar-refractivity contribution in [2.45, 2.75) is 26.7 Å². The van der Waals surface area contributed by atoms with E-state index in [-0.39, 0.29) is 17.5 Å². The van der Waals surface area contributed by atoms with Crippen molar-refractivity contribution in [3.63, 3.8) is 0 Å². The van der Waals surface area contributed by atoms with E-state index in [4.69, 9.17) is 9.84 Å². The summed E-state index contributed by atoms with van der Waals surface area (Å²) in [4.78, 5) is 11.7. The number of carbonyl (C=O) groups excluding carboxylic acids is 1. The number of ether oxygens (including phenoxy) is 1. The molecule has 144 valence electrons. The fourth-order valence-electron chi connectivity index (χ4n) is 3.46. The molecule has 28 heavy (non-hydrogen) atoms. The Labute approximate surface area is 163 Å². The largest absolute Gasteiger partial charge is 0.493 e. The number of ketones is 1. The second-order valence-electron chi connectivity index (χ2n) is 7.23. The number of Topliss-reactive ketones (excluding diaryl/α,β-unsaturated/α-hetero) is 1. The molecule has 0 fully saturated rings. The van der Waals surface area contributed by atoms with Gasteiger partial charge in [0.2, 0.25) is 0 Å². The molecule has 0 radical (unpaired) electrons. The minimum Gasteiger partial charge on any atom is -0.493 e. The average molecular weight is 379 g/mol. The van der Waals surface area contributed by atoms with Crippen LogP contribution < -0.4 is 10.1 Å². The molecule has 1 atom stereocenters. The van der Waals surface area contributed by atoms with Gasteiger partial charge in [0, 0.05) is 40.9 Å². The number of fused-ring (bicyclic) bond motifs is 3. The van der Waals surface area contributed by atoms with Gasteiger partial charge >= 0.3 is 0 Å². The number of hydrogen-bond donors (Lipinski definition) is 1. The highest BCUT2D eigenvalue weighted by atomic mass is 19.1. The lowest BCUT2D eigenvalue weighted by Gasteiger charge is -2.19. The van der Waals surface area contributed by atoms with Crippen molar-refractivity contribution in [3.8, 4) is 17.0 Å². The van der Waals surface area contributed by atoms with E-state index in [0.29, 0.717) is 36.6 Å². The van der Waals surface area contributed by atoms with Gasteiger partial charge in [0.1, 0.15) is 17.4 Å². The zero-order valence-electron chi connectivity index (χ0n) is 16.0. The van der Waals surface area contributed by atoms with Crippen LogP contribution in [0.25, 0.3) is 17.1 Å². The highest BCUT2D eigenvalue weighted by molar-refractivity contribution is 5.95. The van der Waals surface area contributed by atoms with E-state index in [0.717, 1.165) is 22.5 Å². The number of nitrogens with zero attached hydrogens (tertiary/aromatic N) is 2. The summed E-state index contributed by atoms with van der Waals surface area (Å²) in [5, 5.41) is 7.94. The van der Waals surface area contributed by atoms with Crippen molar-refractivity contribution in [1.29, 1.82) is 0 Å². The Hall–Kier alpha value is -3.15. The molecule has 2 heterocycles. The first-order chi connectivity index (χ1) is 13.4. The van der Waals surface area contributed by atoms with Gasteiger partial charge in [-0.1, -0.05) is 19.6 Å². The van der Waals surface area contributed by atoms with E-state index < -0.39 is 0 Å². The fraction of sp³-hybridized carbons (Fsp3) is 0.273. The molecule has 4 rings (SSSR count). The molecule has 6 heteroatoms. The third-order valence-electron chi connectivity index (χ3n) is 5.08. The zero-order chi connectivity index (χ0) is 19.8. The maximum absolute atomic E-state index is 13.5. The van der Waals surface area contributed by atoms with Crippen LogP contribution in [-0.4, -0.2) is 22.2 Å². The number of hydrogen-bond acceptors (Lipinski definition) is 4. The van der Waals surface area contributed by atoms with Gasteiger partial charge in [0.05, 0.1) is 12.3 Å². The second kappa shape index (κ2) is 7.11. The summed E-state index contributed by atoms with van der Waals surface area (Å²) in [6, 6.07) is 5.44. The van der Waals surface area contributed by atoms with E-state index in [1.54, 1.807) is 22.9 Å². The molecule has 1 aliphatic carbocycles. The van der Waals surface area contributed by atoms with Crippen molar-refractivity contribution in [2.75, 3.05) is 6.61 Å². The number of allylic oxidation sites excluding steroid dienone is 4. The van der Waals surface area contributed by atoms with E-state index in [9.17, 15) is 9.18 Å². The lowest BCUT2D eigenvalue weighted by Crippen LogP contribution is -2.19. The second-order valence-corrected chi connectivity index (χ2v) is 7.23. The Morgan fingerprint density at radius 2 is 2.21 bits per heavy atom. The van der Waals surface area contributed by atoms with Gasteiger partial charge in [0.25, 0.3) is 0 Å². The first-order valence-electron chi connectivity index (χ1n) is 9.31. The van der Waals surface area contributed by atoms with Crippen LogP contribution in [0.1, 0.15) is 36.2 Å². The Kier molecular flexibility index (Phi) is 4.63. The van der Waals surface area contributed by atoms with Crippen molar-refractivity contribution in [1.82, 2.24) is 15.1 Å². The predicted octanol–water partition coefficient (Wildman–Crippen LogP) is 4.48. The Balaban J connectivity index is 1.62. The predicted molar refractivity (Wildman–Crippen MR) is 106 cm³/mol. The summed E-state index contributed by atoms with van der Waals surface area (Å²) in [6.45, 7) is 7.99. The van der Waals surface area contributed by atoms with Gasteiger partial charge < -0.3 is 10.1 Å². The van der Waals surface area contributed by atoms with Crippen LogP contribution >= 0.6 is 0 Å². The van der Waals surface area contributed by atoms with Gasteiger partial charge in [-0.05, 0) is 37.6 Å². The van der Waals surface area contributed by atoms with E-state index in [1.165, 1.54) is 13.0 Å². The van der Waals surface area contributed by atoms with Crippen LogP contribution in [0.2, 0.25) is 0 Å². The van der Waals surface area contributed by atoms with Crippen molar-refractivity contribution in [2.24, 2.45) is 5.92 Å². The summed E-state index contributed by atoms with van der Waals surface area (Å²) >= 11 is 0. The maximum Gasteiger partial charge on any atom is 0.159 e. The van der Waals surface area contributed by atoms with E-state index >= 15 is 0 Å². The van der Waals surface area contributed by atoms with Gasteiger partial charge in [-0.3, -0.25) is 4.79 Å². The molecule has 2 aromatic rings. The summed E-state index contributed by atoms with van der Waals surface area (Å²) < 4.78 is 21.1. The molecular formula is C22H22FN3O2. The fourth-order valence-corrected chi connectivity index (χ4v) is 3.46. The SMILES string of the molecule is C=C(NC1=CC=C(F)C(C)C1)n1cc2c(n1)-c1ccc(C(C)=O)cc1OCC2. The van der Waals surface area contributed by atoms with E-state index in [2.05, 4.69) is 11.9 Å². The van der Waals surface area contributed by atoms with Gasteiger partial charge in [-0.2, -0.15) is 5.10 Å². The van der Waals surface area contributed by atoms with Crippen molar-refractivity contribution < 1.29 is 13.9 Å². The van der Waals surface area contributed by atoms with Crippen LogP contribution in [0.5, 0.6) is 5.75 Å². The van der Waals surface area contributed by atoms with Crippen LogP contribution in [0.15, 0.2) is 54.7 Å². The van der Waals surface area contributed by atoms with Gasteiger partial charge in [-0.15, -0.1) is 0 Å². The zero-order valence-corrected chi connectivity index (χ0v) is 16.0. The molecule has 1 unspecified atom stereocenters. The van der Waals surface area contributed by atoms with Crippen LogP contribution in [0.3, 0.4) is 0 Å². The van der Waals surface area contributed by atoms with Crippen LogP contribution in [-0.2, 0) is 6.42 Å². The maximum atomic E-state index is 13.5. The highest BCUT2D eigenvalue weighted by Crippen LogP contribution is 2.35. The third kappa shape index (κ3) is 3.38. The molecule has 1 aromatic heterocycles. The first-order valence-corrected chi connectivity index (χ1v) is 9.31. The standard InChI is InChI=1S/C22H22FN3O2/c1-13-10-18(5-7-20(13)23)24-15(3)26-12-17-8-9-28-21-11-16(14(2)27)4-6-19(21)22(17)25-26/h4-7,11-13,24H,3,8-10H2,1-2H3. The number of nitrogens with one attached hydrogen (secondary N) is 1. The van der Waals surface area contributed by atoms with Crippen LogP contribution in [0, 0.1) is 5.92 Å². The summed E-state index contributed by atoms with van der Waals surface area (Å²) in [7, 11) is 0. The number of aromatic nitrogens is 2. The number of carbonyl (C=O) groups is 1. The van der Waals surface area contributed by atoms with Gasteiger partial charge in [-0.25, -0.2) is 9.07 Å². The topological polar surface area (TPSA) is 56.2 Å². The van der Waals surface area contributed by atoms with Crippen molar-refractivity contribution in [3.05, 3.63) is 65.8 Å². The molecule has 0 bridgehead atoms. The first kappa shape index (κ1) is 18.2. The lowest BCUT2D eigenvalue weighted by atomic mass is 9.99. The molecule has 0 saturated carbocycles. The smallest absolute Gasteiger partial charge is 0.159 e. The number of benzene rings is 1.